The zero-order chi connectivity index (χ0) is 14.6. The van der Waals surface area contributed by atoms with Gasteiger partial charge in [0.25, 0.3) is 5.69 Å². The summed E-state index contributed by atoms with van der Waals surface area (Å²) in [6.45, 7) is 3.99. The van der Waals surface area contributed by atoms with Crippen molar-refractivity contribution in [1.29, 1.82) is 0 Å². The number of nitrogens with zero attached hydrogens (tertiary/aromatic N) is 2. The first kappa shape index (κ1) is 15.3. The van der Waals surface area contributed by atoms with Gasteiger partial charge in [-0.2, -0.15) is 4.31 Å². The Morgan fingerprint density at radius 2 is 1.95 bits per heavy atom. The van der Waals surface area contributed by atoms with E-state index in [4.69, 9.17) is 5.84 Å². The van der Waals surface area contributed by atoms with Crippen molar-refractivity contribution in [2.24, 2.45) is 5.84 Å². The zero-order valence-corrected chi connectivity index (χ0v) is 11.5. The minimum atomic E-state index is -3.72. The van der Waals surface area contributed by atoms with E-state index in [1.807, 2.05) is 0 Å². The van der Waals surface area contributed by atoms with Gasteiger partial charge in [0.05, 0.1) is 9.82 Å². The smallest absolute Gasteiger partial charge is 0.294 e. The molecule has 1 aromatic carbocycles. The van der Waals surface area contributed by atoms with E-state index < -0.39 is 14.9 Å². The number of nitro benzene ring substituents is 1. The number of hydrogen-bond acceptors (Lipinski definition) is 6. The number of nitrogens with one attached hydrogen (secondary N) is 1. The second-order valence-electron chi connectivity index (χ2n) is 3.67. The number of hydrazine groups is 1. The molecule has 106 valence electrons. The van der Waals surface area contributed by atoms with Gasteiger partial charge in [-0.25, -0.2) is 8.42 Å². The van der Waals surface area contributed by atoms with Gasteiger partial charge in [0.15, 0.2) is 0 Å². The van der Waals surface area contributed by atoms with Crippen molar-refractivity contribution < 1.29 is 13.3 Å². The predicted octanol–water partition coefficient (Wildman–Crippen LogP) is 0.911. The van der Waals surface area contributed by atoms with Crippen LogP contribution in [0.1, 0.15) is 13.8 Å². The fraction of sp³-hybridized carbons (Fsp3) is 0.400. The molecule has 0 saturated heterocycles. The van der Waals surface area contributed by atoms with Crippen molar-refractivity contribution in [2.45, 2.75) is 18.7 Å². The Balaban J connectivity index is 3.37. The fourth-order valence-electron chi connectivity index (χ4n) is 1.66. The van der Waals surface area contributed by atoms with Crippen molar-refractivity contribution in [1.82, 2.24) is 4.31 Å². The van der Waals surface area contributed by atoms with Crippen LogP contribution in [0, 0.1) is 10.1 Å². The molecule has 0 aliphatic rings. The maximum Gasteiger partial charge on any atom is 0.294 e. The number of nitrogen functional groups attached to an aromatic ring is 1. The molecule has 1 aromatic rings. The van der Waals surface area contributed by atoms with Crippen LogP contribution in [0.15, 0.2) is 23.1 Å². The number of nitro groups is 1. The van der Waals surface area contributed by atoms with E-state index >= 15 is 0 Å². The lowest BCUT2D eigenvalue weighted by atomic mass is 10.3. The van der Waals surface area contributed by atoms with Crippen molar-refractivity contribution in [2.75, 3.05) is 18.5 Å². The third-order valence-electron chi connectivity index (χ3n) is 2.66. The number of anilines is 1. The van der Waals surface area contributed by atoms with Gasteiger partial charge < -0.3 is 5.43 Å². The third kappa shape index (κ3) is 3.00. The lowest BCUT2D eigenvalue weighted by Crippen LogP contribution is -2.30. The van der Waals surface area contributed by atoms with Crippen LogP contribution in [0.4, 0.5) is 11.4 Å². The molecule has 0 amide bonds. The van der Waals surface area contributed by atoms with Gasteiger partial charge >= 0.3 is 0 Å². The summed E-state index contributed by atoms with van der Waals surface area (Å²) in [6.07, 6.45) is 0. The maximum atomic E-state index is 12.2. The number of benzene rings is 1. The second-order valence-corrected chi connectivity index (χ2v) is 5.61. The molecular formula is C10H16N4O4S. The maximum absolute atomic E-state index is 12.2. The third-order valence-corrected chi connectivity index (χ3v) is 4.71. The van der Waals surface area contributed by atoms with E-state index in [0.29, 0.717) is 13.1 Å². The Morgan fingerprint density at radius 1 is 1.37 bits per heavy atom. The Kier molecular flexibility index (Phi) is 4.81. The Bertz CT molecular complexity index is 569. The van der Waals surface area contributed by atoms with Crippen LogP contribution >= 0.6 is 0 Å². The molecule has 0 aliphatic carbocycles. The van der Waals surface area contributed by atoms with Crippen LogP contribution in [-0.2, 0) is 10.0 Å². The lowest BCUT2D eigenvalue weighted by molar-refractivity contribution is -0.384. The quantitative estimate of drug-likeness (QED) is 0.456. The van der Waals surface area contributed by atoms with Crippen molar-refractivity contribution >= 4 is 21.4 Å². The fourth-order valence-corrected chi connectivity index (χ4v) is 3.14. The minimum absolute atomic E-state index is 0.0588. The predicted molar refractivity (Wildman–Crippen MR) is 71.0 cm³/mol. The molecule has 0 spiro atoms. The molecule has 1 rings (SSSR count). The summed E-state index contributed by atoms with van der Waals surface area (Å²) >= 11 is 0. The standard InChI is InChI=1S/C10H16N4O4S/c1-3-13(4-2)19(17,18)8-5-6-9(12-11)10(7-8)14(15)16/h5-7,12H,3-4,11H2,1-2H3. The van der Waals surface area contributed by atoms with Gasteiger partial charge in [0, 0.05) is 19.2 Å². The molecule has 3 N–H and O–H groups in total. The van der Waals surface area contributed by atoms with E-state index in [-0.39, 0.29) is 16.3 Å². The first-order chi connectivity index (χ1) is 8.88. The van der Waals surface area contributed by atoms with Crippen LogP contribution in [0.3, 0.4) is 0 Å². The van der Waals surface area contributed by atoms with E-state index in [0.717, 1.165) is 6.07 Å². The molecule has 0 atom stereocenters. The van der Waals surface area contributed by atoms with Gasteiger partial charge in [0.1, 0.15) is 5.69 Å². The van der Waals surface area contributed by atoms with Gasteiger partial charge in [-0.1, -0.05) is 13.8 Å². The molecule has 9 heteroatoms. The zero-order valence-electron chi connectivity index (χ0n) is 10.7. The van der Waals surface area contributed by atoms with E-state index in [1.165, 1.54) is 16.4 Å². The summed E-state index contributed by atoms with van der Waals surface area (Å²) in [4.78, 5) is 10.1. The number of nitrogens with two attached hydrogens (primary N) is 1. The average molecular weight is 288 g/mol. The van der Waals surface area contributed by atoms with Gasteiger partial charge in [-0.15, -0.1) is 0 Å². The SMILES string of the molecule is CCN(CC)S(=O)(=O)c1ccc(NN)c([N+](=O)[O-])c1. The van der Waals surface area contributed by atoms with Crippen molar-refractivity contribution in [3.8, 4) is 0 Å². The van der Waals surface area contributed by atoms with E-state index in [1.54, 1.807) is 13.8 Å². The largest absolute Gasteiger partial charge is 0.318 e. The summed E-state index contributed by atoms with van der Waals surface area (Å²) in [7, 11) is -3.72. The molecule has 0 fully saturated rings. The number of rotatable bonds is 6. The van der Waals surface area contributed by atoms with Crippen LogP contribution in [0.5, 0.6) is 0 Å². The molecule has 8 nitrogen and oxygen atoms in total. The van der Waals surface area contributed by atoms with Crippen LogP contribution < -0.4 is 11.3 Å². The highest BCUT2D eigenvalue weighted by Gasteiger charge is 2.25. The minimum Gasteiger partial charge on any atom is -0.318 e. The molecule has 0 radical (unpaired) electrons. The van der Waals surface area contributed by atoms with Crippen molar-refractivity contribution in [3.05, 3.63) is 28.3 Å². The van der Waals surface area contributed by atoms with Crippen LogP contribution in [-0.4, -0.2) is 30.7 Å². The number of hydrogen-bond donors (Lipinski definition) is 2. The van der Waals surface area contributed by atoms with Crippen LogP contribution in [0.25, 0.3) is 0 Å². The molecule has 19 heavy (non-hydrogen) atoms. The first-order valence-corrected chi connectivity index (χ1v) is 7.07. The Hall–Kier alpha value is -1.71. The summed E-state index contributed by atoms with van der Waals surface area (Å²) < 4.78 is 25.7. The Labute approximate surface area is 111 Å². The van der Waals surface area contributed by atoms with Gasteiger partial charge in [-0.3, -0.25) is 16.0 Å². The molecule has 0 heterocycles. The number of sulfonamides is 1. The van der Waals surface area contributed by atoms with Crippen LogP contribution in [0.2, 0.25) is 0 Å². The average Bonchev–Trinajstić information content (AvgIpc) is 2.38. The van der Waals surface area contributed by atoms with E-state index in [9.17, 15) is 18.5 Å². The molecule has 0 aromatic heterocycles. The summed E-state index contributed by atoms with van der Waals surface area (Å²) in [6, 6.07) is 3.56. The molecule has 0 unspecified atom stereocenters. The first-order valence-electron chi connectivity index (χ1n) is 5.63. The lowest BCUT2D eigenvalue weighted by Gasteiger charge is -2.18. The topological polar surface area (TPSA) is 119 Å². The van der Waals surface area contributed by atoms with Gasteiger partial charge in [-0.05, 0) is 12.1 Å². The molecular weight excluding hydrogens is 272 g/mol. The highest BCUT2D eigenvalue weighted by molar-refractivity contribution is 7.89. The summed E-state index contributed by atoms with van der Waals surface area (Å²) in [5.74, 6) is 5.15. The second kappa shape index (κ2) is 5.95. The van der Waals surface area contributed by atoms with Crippen molar-refractivity contribution in [3.63, 3.8) is 0 Å². The highest BCUT2D eigenvalue weighted by Crippen LogP contribution is 2.28. The van der Waals surface area contributed by atoms with Gasteiger partial charge in [0.2, 0.25) is 10.0 Å². The van der Waals surface area contributed by atoms with E-state index in [2.05, 4.69) is 5.43 Å². The molecule has 0 aliphatic heterocycles. The monoisotopic (exact) mass is 288 g/mol. The summed E-state index contributed by atoms with van der Waals surface area (Å²) in [5.41, 5.74) is 1.84. The molecule has 0 bridgehead atoms. The summed E-state index contributed by atoms with van der Waals surface area (Å²) in [5, 5.41) is 10.9. The molecule has 0 saturated carbocycles. The highest BCUT2D eigenvalue weighted by atomic mass is 32.2. The normalized spacial score (nSPS) is 11.6. The Morgan fingerprint density at radius 3 is 2.37 bits per heavy atom.